The number of fused-ring (bicyclic) bond motifs is 1. The molecule has 1 aromatic heterocycles. The molecule has 0 aliphatic carbocycles. The summed E-state index contributed by atoms with van der Waals surface area (Å²) >= 11 is 0. The summed E-state index contributed by atoms with van der Waals surface area (Å²) in [6, 6.07) is 12.1. The van der Waals surface area contributed by atoms with Crippen LogP contribution in [0.1, 0.15) is 1.43 Å². The third-order valence-corrected chi connectivity index (χ3v) is 1.51. The molecule has 0 saturated heterocycles. The Bertz CT molecular complexity index is 286. The van der Waals surface area contributed by atoms with Gasteiger partial charge in [0.05, 0.1) is 5.52 Å². The van der Waals surface area contributed by atoms with Crippen LogP contribution < -0.4 is 0 Å². The molecular formula is C9H8FeN+. The van der Waals surface area contributed by atoms with Gasteiger partial charge in [0.15, 0.2) is 0 Å². The zero-order chi connectivity index (χ0) is 6.81. The molecule has 0 fully saturated rings. The third kappa shape index (κ3) is 1.59. The molecule has 56 valence electrons. The number of hydrogen-bond donors (Lipinski definition) is 0. The van der Waals surface area contributed by atoms with E-state index in [4.69, 9.17) is 0 Å². The fourth-order valence-corrected chi connectivity index (χ4v) is 1.02. The molecule has 1 nitrogen and oxygen atoms in total. The largest absolute Gasteiger partial charge is 1.00 e. The normalized spacial score (nSPS) is 9.09. The van der Waals surface area contributed by atoms with Gasteiger partial charge in [-0.25, -0.2) is 0 Å². The number of benzene rings is 1. The monoisotopic (exact) mass is 186 g/mol. The molecule has 0 spiro atoms. The van der Waals surface area contributed by atoms with Crippen LogP contribution in [0, 0.1) is 0 Å². The third-order valence-electron chi connectivity index (χ3n) is 1.51. The Kier molecular flexibility index (Phi) is 2.64. The summed E-state index contributed by atoms with van der Waals surface area (Å²) in [7, 11) is 0. The molecular weight excluding hydrogens is 178 g/mol. The molecule has 11 heavy (non-hydrogen) atoms. The number of rotatable bonds is 0. The molecule has 2 aromatic rings. The SMILES string of the molecule is [Fe].[H+].c1ccc2ncccc2c1. The van der Waals surface area contributed by atoms with Crippen LogP contribution in [0.4, 0.5) is 0 Å². The van der Waals surface area contributed by atoms with E-state index in [1.54, 1.807) is 0 Å². The number of nitrogens with zero attached hydrogens (tertiary/aromatic N) is 1. The van der Waals surface area contributed by atoms with E-state index in [1.807, 2.05) is 30.5 Å². The van der Waals surface area contributed by atoms with Crippen molar-refractivity contribution in [2.45, 2.75) is 0 Å². The second kappa shape index (κ2) is 3.51. The first-order chi connectivity index (χ1) is 4.97. The molecule has 0 unspecified atom stereocenters. The van der Waals surface area contributed by atoms with E-state index >= 15 is 0 Å². The molecule has 2 heteroatoms. The Labute approximate surface area is 77.4 Å². The van der Waals surface area contributed by atoms with E-state index in [0.29, 0.717) is 0 Å². The van der Waals surface area contributed by atoms with Crippen molar-refractivity contribution in [3.05, 3.63) is 42.6 Å². The maximum atomic E-state index is 4.18. The first kappa shape index (κ1) is 8.25. The summed E-state index contributed by atoms with van der Waals surface area (Å²) in [5.41, 5.74) is 1.06. The first-order valence-corrected chi connectivity index (χ1v) is 3.26. The molecule has 2 rings (SSSR count). The van der Waals surface area contributed by atoms with Crippen molar-refractivity contribution in [2.75, 3.05) is 0 Å². The van der Waals surface area contributed by atoms with E-state index in [2.05, 4.69) is 17.1 Å². The Morgan fingerprint density at radius 3 is 2.55 bits per heavy atom. The van der Waals surface area contributed by atoms with Crippen LogP contribution in [0.2, 0.25) is 0 Å². The number of pyridine rings is 1. The van der Waals surface area contributed by atoms with Crippen LogP contribution in [-0.2, 0) is 17.1 Å². The topological polar surface area (TPSA) is 12.9 Å². The predicted octanol–water partition coefficient (Wildman–Crippen LogP) is 2.34. The van der Waals surface area contributed by atoms with E-state index in [9.17, 15) is 0 Å². The van der Waals surface area contributed by atoms with Gasteiger partial charge in [-0.1, -0.05) is 24.3 Å². The van der Waals surface area contributed by atoms with Crippen LogP contribution in [0.5, 0.6) is 0 Å². The zero-order valence-corrected chi connectivity index (χ0v) is 6.95. The van der Waals surface area contributed by atoms with Gasteiger partial charge in [-0.15, -0.1) is 0 Å². The molecule has 1 aromatic carbocycles. The number of aromatic nitrogens is 1. The van der Waals surface area contributed by atoms with Crippen LogP contribution in [-0.4, -0.2) is 4.98 Å². The van der Waals surface area contributed by atoms with Crippen molar-refractivity contribution in [3.8, 4) is 0 Å². The summed E-state index contributed by atoms with van der Waals surface area (Å²) in [6.45, 7) is 0. The molecule has 0 N–H and O–H groups in total. The van der Waals surface area contributed by atoms with Gasteiger partial charge in [0.2, 0.25) is 0 Å². The summed E-state index contributed by atoms with van der Waals surface area (Å²) in [4.78, 5) is 4.18. The first-order valence-electron chi connectivity index (χ1n) is 3.26. The van der Waals surface area contributed by atoms with E-state index in [-0.39, 0.29) is 18.5 Å². The Morgan fingerprint density at radius 1 is 1.00 bits per heavy atom. The molecule has 0 aliphatic rings. The molecule has 0 amide bonds. The Morgan fingerprint density at radius 2 is 1.73 bits per heavy atom. The van der Waals surface area contributed by atoms with Gasteiger partial charge in [-0.3, -0.25) is 4.98 Å². The summed E-state index contributed by atoms with van der Waals surface area (Å²) in [5.74, 6) is 0. The molecule has 1 heterocycles. The maximum absolute atomic E-state index is 4.18. The smallest absolute Gasteiger partial charge is 0.256 e. The standard InChI is InChI=1S/C9H7N.Fe/c1-2-6-9-8(4-1)5-3-7-10-9;/h1-7H;/p+1. The molecule has 0 atom stereocenters. The Balaban J connectivity index is 0.000000605. The molecule has 0 bridgehead atoms. The minimum atomic E-state index is 0. The zero-order valence-electron chi connectivity index (χ0n) is 6.84. The van der Waals surface area contributed by atoms with E-state index in [1.165, 1.54) is 5.39 Å². The number of hydrogen-bond acceptors (Lipinski definition) is 1. The molecule has 0 saturated carbocycles. The van der Waals surface area contributed by atoms with Crippen molar-refractivity contribution in [1.29, 1.82) is 0 Å². The van der Waals surface area contributed by atoms with E-state index < -0.39 is 0 Å². The van der Waals surface area contributed by atoms with Gasteiger partial charge in [0.1, 0.15) is 0 Å². The quantitative estimate of drug-likeness (QED) is 0.575. The van der Waals surface area contributed by atoms with Crippen LogP contribution in [0.3, 0.4) is 0 Å². The Hall–Kier alpha value is -0.851. The van der Waals surface area contributed by atoms with Crippen molar-refractivity contribution in [1.82, 2.24) is 4.98 Å². The van der Waals surface area contributed by atoms with Crippen molar-refractivity contribution in [3.63, 3.8) is 0 Å². The van der Waals surface area contributed by atoms with Crippen LogP contribution >= 0.6 is 0 Å². The predicted molar refractivity (Wildman–Crippen MR) is 42.9 cm³/mol. The number of para-hydroxylation sites is 1. The van der Waals surface area contributed by atoms with Crippen LogP contribution in [0.25, 0.3) is 10.9 Å². The van der Waals surface area contributed by atoms with Gasteiger partial charge in [0, 0.05) is 28.7 Å². The minimum absolute atomic E-state index is 0. The summed E-state index contributed by atoms with van der Waals surface area (Å²) < 4.78 is 0. The van der Waals surface area contributed by atoms with Gasteiger partial charge in [-0.05, 0) is 12.1 Å². The van der Waals surface area contributed by atoms with Crippen molar-refractivity contribution >= 4 is 10.9 Å². The van der Waals surface area contributed by atoms with Gasteiger partial charge < -0.3 is 0 Å². The van der Waals surface area contributed by atoms with E-state index in [0.717, 1.165) is 5.52 Å². The van der Waals surface area contributed by atoms with Gasteiger partial charge in [-0.2, -0.15) is 0 Å². The fourth-order valence-electron chi connectivity index (χ4n) is 1.02. The van der Waals surface area contributed by atoms with Crippen molar-refractivity contribution < 1.29 is 18.5 Å². The molecule has 0 radical (unpaired) electrons. The maximum Gasteiger partial charge on any atom is 1.00 e. The average Bonchev–Trinajstić information content (AvgIpc) is 2.05. The summed E-state index contributed by atoms with van der Waals surface area (Å²) in [5, 5.41) is 1.20. The average molecular weight is 186 g/mol. The molecule has 0 aliphatic heterocycles. The van der Waals surface area contributed by atoms with Gasteiger partial charge >= 0.3 is 1.43 Å². The minimum Gasteiger partial charge on any atom is -0.256 e. The summed E-state index contributed by atoms with van der Waals surface area (Å²) in [6.07, 6.45) is 1.81. The van der Waals surface area contributed by atoms with Crippen LogP contribution in [0.15, 0.2) is 42.6 Å². The van der Waals surface area contributed by atoms with Crippen molar-refractivity contribution in [2.24, 2.45) is 0 Å². The second-order valence-corrected chi connectivity index (χ2v) is 2.20. The van der Waals surface area contributed by atoms with Gasteiger partial charge in [0.25, 0.3) is 0 Å². The second-order valence-electron chi connectivity index (χ2n) is 2.20. The fraction of sp³-hybridized carbons (Fsp3) is 0.